The summed E-state index contributed by atoms with van der Waals surface area (Å²) in [5, 5.41) is 0.817. The third-order valence-electron chi connectivity index (χ3n) is 1.15. The molecule has 0 unspecified atom stereocenters. The fourth-order valence-electron chi connectivity index (χ4n) is 0.696. The van der Waals surface area contributed by atoms with Crippen molar-refractivity contribution >= 4 is 29.0 Å². The Morgan fingerprint density at radius 1 is 1.18 bits per heavy atom. The molecule has 1 rings (SSSR count). The molecule has 1 aromatic carbocycles. The number of ketones is 1. The highest BCUT2D eigenvalue weighted by Gasteiger charge is 2.01. The molecule has 2 radical (unpaired) electrons. The van der Waals surface area contributed by atoms with Gasteiger partial charge in [-0.1, -0.05) is 23.2 Å². The minimum atomic E-state index is -0.533. The van der Waals surface area contributed by atoms with Crippen LogP contribution in [-0.4, -0.2) is 5.78 Å². The molecule has 0 heterocycles. The Hall–Kier alpha value is -0.530. The van der Waals surface area contributed by atoms with E-state index >= 15 is 0 Å². The molecule has 56 valence electrons. The number of hydrogen-bond donors (Lipinski definition) is 0. The molecule has 0 bridgehead atoms. The summed E-state index contributed by atoms with van der Waals surface area (Å²) in [6.45, 7) is 5.00. The molecule has 0 aliphatic carbocycles. The zero-order valence-electron chi connectivity index (χ0n) is 5.47. The molecular weight excluding hydrogens is 183 g/mol. The first-order chi connectivity index (χ1) is 5.09. The summed E-state index contributed by atoms with van der Waals surface area (Å²) in [5.41, 5.74) is 0.322. The zero-order chi connectivity index (χ0) is 8.43. The van der Waals surface area contributed by atoms with Gasteiger partial charge in [0.1, 0.15) is 0 Å². The van der Waals surface area contributed by atoms with E-state index in [1.54, 1.807) is 0 Å². The van der Waals surface area contributed by atoms with Gasteiger partial charge in [0, 0.05) is 22.5 Å². The molecule has 0 saturated carbocycles. The lowest BCUT2D eigenvalue weighted by atomic mass is 10.1. The van der Waals surface area contributed by atoms with E-state index in [1.807, 2.05) is 0 Å². The fourth-order valence-corrected chi connectivity index (χ4v) is 1.22. The normalized spacial score (nSPS) is 9.73. The molecular formula is C8H4Cl2O. The Kier molecular flexibility index (Phi) is 2.53. The number of rotatable bonds is 1. The van der Waals surface area contributed by atoms with Crippen LogP contribution in [-0.2, 0) is 0 Å². The van der Waals surface area contributed by atoms with Crippen LogP contribution < -0.4 is 0 Å². The molecule has 1 nitrogen and oxygen atoms in total. The van der Waals surface area contributed by atoms with Gasteiger partial charge in [-0.15, -0.1) is 0 Å². The average molecular weight is 187 g/mol. The van der Waals surface area contributed by atoms with Crippen molar-refractivity contribution in [1.82, 2.24) is 0 Å². The Bertz CT molecular complexity index is 274. The van der Waals surface area contributed by atoms with E-state index in [0.717, 1.165) is 0 Å². The zero-order valence-corrected chi connectivity index (χ0v) is 6.99. The lowest BCUT2D eigenvalue weighted by Crippen LogP contribution is -1.91. The van der Waals surface area contributed by atoms with Crippen molar-refractivity contribution in [3.8, 4) is 0 Å². The molecule has 0 atom stereocenters. The van der Waals surface area contributed by atoms with E-state index in [2.05, 4.69) is 0 Å². The quantitative estimate of drug-likeness (QED) is 0.617. The molecule has 0 aliphatic heterocycles. The second kappa shape index (κ2) is 3.24. The summed E-state index contributed by atoms with van der Waals surface area (Å²) in [7, 11) is 0. The van der Waals surface area contributed by atoms with Crippen LogP contribution in [0.5, 0.6) is 0 Å². The van der Waals surface area contributed by atoms with Crippen LogP contribution in [0.15, 0.2) is 18.2 Å². The lowest BCUT2D eigenvalue weighted by Gasteiger charge is -1.96. The van der Waals surface area contributed by atoms with Crippen molar-refractivity contribution in [2.24, 2.45) is 0 Å². The van der Waals surface area contributed by atoms with Crippen molar-refractivity contribution in [3.63, 3.8) is 0 Å². The third kappa shape index (κ3) is 2.21. The maximum atomic E-state index is 10.6. The van der Waals surface area contributed by atoms with E-state index in [4.69, 9.17) is 30.1 Å². The van der Waals surface area contributed by atoms with Gasteiger partial charge < -0.3 is 0 Å². The highest BCUT2D eigenvalue weighted by atomic mass is 35.5. The first-order valence-electron chi connectivity index (χ1n) is 2.85. The first-order valence-corrected chi connectivity index (χ1v) is 3.61. The molecule has 0 amide bonds. The molecule has 0 spiro atoms. The number of Topliss-reactive ketones (excluding diaryl/α,β-unsaturated/α-hetero) is 1. The molecule has 0 aromatic heterocycles. The maximum absolute atomic E-state index is 10.6. The predicted octanol–water partition coefficient (Wildman–Crippen LogP) is 2.89. The molecule has 11 heavy (non-hydrogen) atoms. The molecule has 1 aromatic rings. The van der Waals surface area contributed by atoms with Crippen LogP contribution in [0.25, 0.3) is 0 Å². The van der Waals surface area contributed by atoms with Crippen molar-refractivity contribution in [2.45, 2.75) is 0 Å². The fraction of sp³-hybridized carbons (Fsp3) is 0. The lowest BCUT2D eigenvalue weighted by molar-refractivity contribution is 0.104. The van der Waals surface area contributed by atoms with E-state index < -0.39 is 5.78 Å². The van der Waals surface area contributed by atoms with Gasteiger partial charge in [-0.3, -0.25) is 4.79 Å². The summed E-state index contributed by atoms with van der Waals surface area (Å²) < 4.78 is 0. The number of carbonyl (C=O) groups is 1. The van der Waals surface area contributed by atoms with Gasteiger partial charge in [0.15, 0.2) is 5.78 Å². The van der Waals surface area contributed by atoms with Crippen LogP contribution in [0.3, 0.4) is 0 Å². The second-order valence-corrected chi connectivity index (χ2v) is 2.90. The molecule has 0 N–H and O–H groups in total. The summed E-state index contributed by atoms with van der Waals surface area (Å²) in [4.78, 5) is 10.6. The number of hydrogen-bond acceptors (Lipinski definition) is 1. The monoisotopic (exact) mass is 186 g/mol. The largest absolute Gasteiger partial charge is 0.294 e. The van der Waals surface area contributed by atoms with Crippen LogP contribution >= 0.6 is 23.2 Å². The Balaban J connectivity index is 3.19. The van der Waals surface area contributed by atoms with Gasteiger partial charge in [-0.05, 0) is 18.2 Å². The third-order valence-corrected chi connectivity index (χ3v) is 1.58. The van der Waals surface area contributed by atoms with Gasteiger partial charge in [-0.25, -0.2) is 0 Å². The molecule has 3 heteroatoms. The van der Waals surface area contributed by atoms with Gasteiger partial charge >= 0.3 is 0 Å². The highest BCUT2D eigenvalue weighted by Crippen LogP contribution is 2.18. The highest BCUT2D eigenvalue weighted by molar-refractivity contribution is 6.35. The van der Waals surface area contributed by atoms with Crippen molar-refractivity contribution in [3.05, 3.63) is 40.7 Å². The van der Waals surface area contributed by atoms with Crippen molar-refractivity contribution in [1.29, 1.82) is 0 Å². The van der Waals surface area contributed by atoms with E-state index in [-0.39, 0.29) is 0 Å². The predicted molar refractivity (Wildman–Crippen MR) is 45.1 cm³/mol. The Morgan fingerprint density at radius 2 is 1.64 bits per heavy atom. The molecule has 0 fully saturated rings. The SMILES string of the molecule is [CH]C(=O)c1cc(Cl)cc(Cl)c1. The van der Waals surface area contributed by atoms with Crippen molar-refractivity contribution in [2.75, 3.05) is 0 Å². The minimum absolute atomic E-state index is 0.322. The van der Waals surface area contributed by atoms with Crippen LogP contribution in [0.2, 0.25) is 10.0 Å². The van der Waals surface area contributed by atoms with Gasteiger partial charge in [-0.2, -0.15) is 0 Å². The summed E-state index contributed by atoms with van der Waals surface area (Å²) in [5.74, 6) is -0.533. The van der Waals surface area contributed by atoms with E-state index in [9.17, 15) is 4.79 Å². The Labute approximate surface area is 74.9 Å². The van der Waals surface area contributed by atoms with Crippen molar-refractivity contribution < 1.29 is 4.79 Å². The topological polar surface area (TPSA) is 17.1 Å². The van der Waals surface area contributed by atoms with Gasteiger partial charge in [0.25, 0.3) is 0 Å². The number of benzene rings is 1. The number of carbonyl (C=O) groups excluding carboxylic acids is 1. The van der Waals surface area contributed by atoms with E-state index in [0.29, 0.717) is 15.6 Å². The minimum Gasteiger partial charge on any atom is -0.294 e. The smallest absolute Gasteiger partial charge is 0.167 e. The second-order valence-electron chi connectivity index (χ2n) is 2.02. The maximum Gasteiger partial charge on any atom is 0.167 e. The van der Waals surface area contributed by atoms with Gasteiger partial charge in [0.2, 0.25) is 0 Å². The van der Waals surface area contributed by atoms with Crippen LogP contribution in [0.4, 0.5) is 0 Å². The summed E-state index contributed by atoms with van der Waals surface area (Å²) >= 11 is 11.2. The first kappa shape index (κ1) is 8.57. The van der Waals surface area contributed by atoms with Gasteiger partial charge in [0.05, 0.1) is 0 Å². The number of halogens is 2. The van der Waals surface area contributed by atoms with E-state index in [1.165, 1.54) is 18.2 Å². The Morgan fingerprint density at radius 3 is 2.00 bits per heavy atom. The van der Waals surface area contributed by atoms with Crippen LogP contribution in [0, 0.1) is 6.92 Å². The average Bonchev–Trinajstić information content (AvgIpc) is 1.85. The standard InChI is InChI=1S/C8H4Cl2O/c1-5(11)6-2-7(9)4-8(10)3-6/h1-4H. The van der Waals surface area contributed by atoms with Crippen LogP contribution in [0.1, 0.15) is 10.4 Å². The molecule has 0 saturated heterocycles. The molecule has 0 aliphatic rings. The summed E-state index contributed by atoms with van der Waals surface area (Å²) in [6, 6.07) is 4.47. The summed E-state index contributed by atoms with van der Waals surface area (Å²) in [6.07, 6.45) is 0.